The van der Waals surface area contributed by atoms with Gasteiger partial charge in [0.25, 0.3) is 0 Å². The summed E-state index contributed by atoms with van der Waals surface area (Å²) in [5.41, 5.74) is 1.22. The van der Waals surface area contributed by atoms with E-state index in [2.05, 4.69) is 20.4 Å². The Hall–Kier alpha value is -3.60. The SMILES string of the molecule is COc1ccc(-c2ccc(N3CCN(C(=O)CN(CC4CCCO4)C(=O)NC(C)(C)C)CC3)nn2)cc1OC. The highest BCUT2D eigenvalue weighted by atomic mass is 16.5. The molecule has 2 aromatic rings. The van der Waals surface area contributed by atoms with Crippen molar-refractivity contribution in [2.24, 2.45) is 0 Å². The Morgan fingerprint density at radius 3 is 2.38 bits per heavy atom. The molecule has 2 fully saturated rings. The van der Waals surface area contributed by atoms with E-state index in [1.807, 2.05) is 56.0 Å². The Bertz CT molecular complexity index is 1120. The normalized spacial score (nSPS) is 17.6. The molecule has 3 amide bonds. The third-order valence-corrected chi connectivity index (χ3v) is 6.83. The fourth-order valence-electron chi connectivity index (χ4n) is 4.74. The number of rotatable bonds is 8. The van der Waals surface area contributed by atoms with Gasteiger partial charge in [-0.15, -0.1) is 10.2 Å². The van der Waals surface area contributed by atoms with Gasteiger partial charge in [-0.2, -0.15) is 0 Å². The van der Waals surface area contributed by atoms with Crippen molar-refractivity contribution in [1.29, 1.82) is 0 Å². The summed E-state index contributed by atoms with van der Waals surface area (Å²) in [6.45, 7) is 9.30. The van der Waals surface area contributed by atoms with Crippen molar-refractivity contribution in [2.75, 3.05) is 65.0 Å². The van der Waals surface area contributed by atoms with Gasteiger partial charge >= 0.3 is 6.03 Å². The van der Waals surface area contributed by atoms with E-state index in [1.165, 1.54) is 0 Å². The van der Waals surface area contributed by atoms with Crippen molar-refractivity contribution in [2.45, 2.75) is 45.3 Å². The molecule has 2 aliphatic rings. The fourth-order valence-corrected chi connectivity index (χ4v) is 4.74. The molecule has 1 atom stereocenters. The highest BCUT2D eigenvalue weighted by Gasteiger charge is 2.29. The Labute approximate surface area is 230 Å². The third-order valence-electron chi connectivity index (χ3n) is 6.83. The lowest BCUT2D eigenvalue weighted by Crippen LogP contribution is -2.55. The summed E-state index contributed by atoms with van der Waals surface area (Å²) in [5, 5.41) is 11.8. The minimum atomic E-state index is -0.392. The number of benzene rings is 1. The number of carbonyl (C=O) groups is 2. The van der Waals surface area contributed by atoms with Gasteiger partial charge in [-0.3, -0.25) is 4.79 Å². The first-order valence-corrected chi connectivity index (χ1v) is 13.4. The van der Waals surface area contributed by atoms with Gasteiger partial charge in [0, 0.05) is 50.4 Å². The minimum absolute atomic E-state index is 0.0269. The fraction of sp³-hybridized carbons (Fsp3) is 0.571. The maximum atomic E-state index is 13.2. The number of nitrogens with zero attached hydrogens (tertiary/aromatic N) is 5. The van der Waals surface area contributed by atoms with Crippen LogP contribution in [0, 0.1) is 0 Å². The summed E-state index contributed by atoms with van der Waals surface area (Å²) in [6.07, 6.45) is 1.85. The van der Waals surface area contributed by atoms with Gasteiger partial charge in [0.1, 0.15) is 6.54 Å². The second kappa shape index (κ2) is 12.5. The molecule has 0 bridgehead atoms. The predicted octanol–water partition coefficient (Wildman–Crippen LogP) is 2.80. The first kappa shape index (κ1) is 28.4. The molecule has 11 nitrogen and oxygen atoms in total. The molecule has 0 aliphatic carbocycles. The van der Waals surface area contributed by atoms with Crippen molar-refractivity contribution in [3.63, 3.8) is 0 Å². The molecule has 1 aromatic heterocycles. The second-order valence-electron chi connectivity index (χ2n) is 10.9. The summed E-state index contributed by atoms with van der Waals surface area (Å²) in [7, 11) is 3.20. The standard InChI is InChI=1S/C28H40N6O5/c1-28(2,3)29-27(36)34(18-21-7-6-16-39-21)19-26(35)33-14-12-32(13-15-33)25-11-9-22(30-31-25)20-8-10-23(37-4)24(17-20)38-5/h8-11,17,21H,6-7,12-16,18-19H2,1-5H3,(H,29,36). The van der Waals surface area contributed by atoms with Gasteiger partial charge in [-0.1, -0.05) is 0 Å². The molecule has 11 heteroatoms. The molecular weight excluding hydrogens is 500 g/mol. The molecule has 4 rings (SSSR count). The Morgan fingerprint density at radius 1 is 1.05 bits per heavy atom. The van der Waals surface area contributed by atoms with Gasteiger partial charge < -0.3 is 34.2 Å². The molecule has 3 heterocycles. The van der Waals surface area contributed by atoms with Crippen LogP contribution in [0.1, 0.15) is 33.6 Å². The number of ether oxygens (including phenoxy) is 3. The number of nitrogens with one attached hydrogen (secondary N) is 1. The first-order valence-electron chi connectivity index (χ1n) is 13.4. The molecule has 0 radical (unpaired) electrons. The molecule has 1 N–H and O–H groups in total. The van der Waals surface area contributed by atoms with Crippen LogP contribution in [0.15, 0.2) is 30.3 Å². The summed E-state index contributed by atoms with van der Waals surface area (Å²) in [5.74, 6) is 1.98. The zero-order valence-corrected chi connectivity index (χ0v) is 23.6. The second-order valence-corrected chi connectivity index (χ2v) is 10.9. The predicted molar refractivity (Wildman–Crippen MR) is 148 cm³/mol. The van der Waals surface area contributed by atoms with Crippen LogP contribution in [0.5, 0.6) is 11.5 Å². The maximum Gasteiger partial charge on any atom is 0.318 e. The molecular formula is C28H40N6O5. The molecule has 2 saturated heterocycles. The van der Waals surface area contributed by atoms with Gasteiger partial charge in [0.2, 0.25) is 5.91 Å². The van der Waals surface area contributed by atoms with E-state index in [0.29, 0.717) is 50.8 Å². The highest BCUT2D eigenvalue weighted by molar-refractivity contribution is 5.84. The van der Waals surface area contributed by atoms with Crippen LogP contribution < -0.4 is 19.7 Å². The van der Waals surface area contributed by atoms with Crippen LogP contribution in [0.2, 0.25) is 0 Å². The number of piperazine rings is 1. The molecule has 0 saturated carbocycles. The Kier molecular flexibility index (Phi) is 9.11. The van der Waals surface area contributed by atoms with Crippen molar-refractivity contribution >= 4 is 17.8 Å². The summed E-state index contributed by atoms with van der Waals surface area (Å²) >= 11 is 0. The number of anilines is 1. The number of hydrogen-bond acceptors (Lipinski definition) is 8. The van der Waals surface area contributed by atoms with Crippen LogP contribution in [0.4, 0.5) is 10.6 Å². The number of urea groups is 1. The summed E-state index contributed by atoms with van der Waals surface area (Å²) in [4.78, 5) is 31.7. The van der Waals surface area contributed by atoms with Crippen LogP contribution in [-0.2, 0) is 9.53 Å². The molecule has 0 spiro atoms. The Morgan fingerprint density at radius 2 is 1.79 bits per heavy atom. The van der Waals surface area contributed by atoms with E-state index in [9.17, 15) is 9.59 Å². The van der Waals surface area contributed by atoms with Crippen LogP contribution in [-0.4, -0.2) is 104 Å². The number of amides is 3. The molecule has 212 valence electrons. The van der Waals surface area contributed by atoms with Gasteiger partial charge in [0.05, 0.1) is 26.0 Å². The minimum Gasteiger partial charge on any atom is -0.493 e. The molecule has 2 aliphatic heterocycles. The van der Waals surface area contributed by atoms with Gasteiger partial charge in [-0.05, 0) is 63.9 Å². The number of aromatic nitrogens is 2. The first-order chi connectivity index (χ1) is 18.7. The van der Waals surface area contributed by atoms with Crippen molar-refractivity contribution in [1.82, 2.24) is 25.3 Å². The van der Waals surface area contributed by atoms with Gasteiger partial charge in [0.15, 0.2) is 17.3 Å². The lowest BCUT2D eigenvalue weighted by Gasteiger charge is -2.37. The number of methoxy groups -OCH3 is 2. The quantitative estimate of drug-likeness (QED) is 0.545. The van der Waals surface area contributed by atoms with Gasteiger partial charge in [-0.25, -0.2) is 4.79 Å². The molecule has 1 unspecified atom stereocenters. The van der Waals surface area contributed by atoms with Crippen molar-refractivity contribution in [3.8, 4) is 22.8 Å². The molecule has 1 aromatic carbocycles. The van der Waals surface area contributed by atoms with E-state index in [-0.39, 0.29) is 24.6 Å². The largest absolute Gasteiger partial charge is 0.493 e. The van der Waals surface area contributed by atoms with E-state index in [4.69, 9.17) is 14.2 Å². The van der Waals surface area contributed by atoms with Crippen LogP contribution in [0.3, 0.4) is 0 Å². The van der Waals surface area contributed by atoms with E-state index >= 15 is 0 Å². The highest BCUT2D eigenvalue weighted by Crippen LogP contribution is 2.31. The summed E-state index contributed by atoms with van der Waals surface area (Å²) in [6, 6.07) is 9.26. The number of hydrogen-bond donors (Lipinski definition) is 1. The summed E-state index contributed by atoms with van der Waals surface area (Å²) < 4.78 is 16.4. The lowest BCUT2D eigenvalue weighted by atomic mass is 10.1. The number of carbonyl (C=O) groups excluding carboxylic acids is 2. The smallest absolute Gasteiger partial charge is 0.318 e. The zero-order chi connectivity index (χ0) is 28.0. The van der Waals surface area contributed by atoms with E-state index < -0.39 is 5.54 Å². The Balaban J connectivity index is 1.34. The van der Waals surface area contributed by atoms with E-state index in [0.717, 1.165) is 29.9 Å². The van der Waals surface area contributed by atoms with E-state index in [1.54, 1.807) is 19.1 Å². The average Bonchev–Trinajstić information content (AvgIpc) is 3.45. The lowest BCUT2D eigenvalue weighted by molar-refractivity contribution is -0.132. The average molecular weight is 541 g/mol. The third kappa shape index (κ3) is 7.50. The maximum absolute atomic E-state index is 13.2. The van der Waals surface area contributed by atoms with Crippen LogP contribution in [0.25, 0.3) is 11.3 Å². The van der Waals surface area contributed by atoms with Crippen molar-refractivity contribution < 1.29 is 23.8 Å². The van der Waals surface area contributed by atoms with Crippen LogP contribution >= 0.6 is 0 Å². The topological polar surface area (TPSA) is 109 Å². The molecule has 39 heavy (non-hydrogen) atoms. The zero-order valence-electron chi connectivity index (χ0n) is 23.6. The van der Waals surface area contributed by atoms with Crippen molar-refractivity contribution in [3.05, 3.63) is 30.3 Å². The monoisotopic (exact) mass is 540 g/mol.